The third-order valence-electron chi connectivity index (χ3n) is 2.50. The fraction of sp³-hybridized carbons (Fsp3) is 0.917. The van der Waals surface area contributed by atoms with Gasteiger partial charge in [-0.1, -0.05) is 13.8 Å². The lowest BCUT2D eigenvalue weighted by Crippen LogP contribution is -2.39. The van der Waals surface area contributed by atoms with E-state index in [9.17, 15) is 13.2 Å². The largest absolute Gasteiger partial charge is 0.385 e. The maximum absolute atomic E-state index is 11.6. The lowest BCUT2D eigenvalue weighted by atomic mass is 10.1. The van der Waals surface area contributed by atoms with E-state index in [1.807, 2.05) is 13.8 Å². The number of amides is 1. The quantitative estimate of drug-likeness (QED) is 0.593. The lowest BCUT2D eigenvalue weighted by molar-refractivity contribution is -0.121. The van der Waals surface area contributed by atoms with Gasteiger partial charge in [-0.2, -0.15) is 0 Å². The number of carbonyl (C=O) groups is 1. The van der Waals surface area contributed by atoms with Gasteiger partial charge in [-0.05, 0) is 12.3 Å². The molecule has 1 N–H and O–H groups in total. The highest BCUT2D eigenvalue weighted by Gasteiger charge is 2.16. The molecule has 0 saturated heterocycles. The van der Waals surface area contributed by atoms with Gasteiger partial charge in [0.1, 0.15) is 0 Å². The number of ether oxygens (including phenoxy) is 1. The van der Waals surface area contributed by atoms with Crippen LogP contribution in [0.25, 0.3) is 0 Å². The minimum Gasteiger partial charge on any atom is -0.385 e. The van der Waals surface area contributed by atoms with E-state index < -0.39 is 10.0 Å². The Hall–Kier alpha value is -0.660. The number of carbonyl (C=O) groups excluding carboxylic acids is 1. The van der Waals surface area contributed by atoms with E-state index in [1.165, 1.54) is 10.6 Å². The number of nitrogens with one attached hydrogen (secondary N) is 1. The van der Waals surface area contributed by atoms with E-state index in [-0.39, 0.29) is 5.91 Å². The first-order valence-electron chi connectivity index (χ1n) is 6.48. The summed E-state index contributed by atoms with van der Waals surface area (Å²) in [6.45, 7) is 5.50. The van der Waals surface area contributed by atoms with Gasteiger partial charge in [0.05, 0.1) is 6.26 Å². The molecule has 0 aliphatic heterocycles. The average Bonchev–Trinajstić information content (AvgIpc) is 2.24. The molecule has 0 aliphatic carbocycles. The Morgan fingerprint density at radius 2 is 1.95 bits per heavy atom. The van der Waals surface area contributed by atoms with Crippen LogP contribution >= 0.6 is 0 Å². The third kappa shape index (κ3) is 9.86. The Bertz CT molecular complexity index is 355. The van der Waals surface area contributed by atoms with Crippen molar-refractivity contribution in [3.63, 3.8) is 0 Å². The van der Waals surface area contributed by atoms with Crippen LogP contribution in [0.3, 0.4) is 0 Å². The monoisotopic (exact) mass is 294 g/mol. The molecule has 1 amide bonds. The zero-order valence-electron chi connectivity index (χ0n) is 12.3. The van der Waals surface area contributed by atoms with Crippen LogP contribution in [0.1, 0.15) is 26.7 Å². The molecule has 7 heteroatoms. The minimum absolute atomic E-state index is 0.0413. The summed E-state index contributed by atoms with van der Waals surface area (Å²) >= 11 is 0. The Morgan fingerprint density at radius 1 is 1.32 bits per heavy atom. The maximum atomic E-state index is 11.6. The number of nitrogens with zero attached hydrogens (tertiary/aromatic N) is 1. The smallest absolute Gasteiger partial charge is 0.220 e. The summed E-state index contributed by atoms with van der Waals surface area (Å²) in [7, 11) is -1.66. The number of methoxy groups -OCH3 is 1. The molecule has 19 heavy (non-hydrogen) atoms. The fourth-order valence-electron chi connectivity index (χ4n) is 1.59. The maximum Gasteiger partial charge on any atom is 0.220 e. The molecule has 0 spiro atoms. The normalized spacial score (nSPS) is 12.1. The third-order valence-corrected chi connectivity index (χ3v) is 3.81. The Morgan fingerprint density at radius 3 is 2.42 bits per heavy atom. The van der Waals surface area contributed by atoms with Gasteiger partial charge in [0.15, 0.2) is 0 Å². The fourth-order valence-corrected chi connectivity index (χ4v) is 2.48. The second-order valence-corrected chi connectivity index (χ2v) is 6.94. The van der Waals surface area contributed by atoms with Crippen LogP contribution in [0.2, 0.25) is 0 Å². The zero-order valence-corrected chi connectivity index (χ0v) is 13.1. The summed E-state index contributed by atoms with van der Waals surface area (Å²) in [4.78, 5) is 11.4. The van der Waals surface area contributed by atoms with Crippen LogP contribution in [-0.4, -0.2) is 58.2 Å². The van der Waals surface area contributed by atoms with Gasteiger partial charge in [-0.15, -0.1) is 0 Å². The summed E-state index contributed by atoms with van der Waals surface area (Å²) in [6.07, 6.45) is 2.28. The van der Waals surface area contributed by atoms with Crippen molar-refractivity contribution in [3.05, 3.63) is 0 Å². The van der Waals surface area contributed by atoms with Crippen molar-refractivity contribution in [1.82, 2.24) is 9.62 Å². The Labute approximate surface area is 116 Å². The summed E-state index contributed by atoms with van der Waals surface area (Å²) in [6, 6.07) is 0. The minimum atomic E-state index is -3.24. The molecule has 0 aromatic heterocycles. The zero-order chi connectivity index (χ0) is 14.9. The molecule has 0 saturated carbocycles. The molecule has 0 heterocycles. The van der Waals surface area contributed by atoms with Crippen LogP contribution in [0.15, 0.2) is 0 Å². The summed E-state index contributed by atoms with van der Waals surface area (Å²) in [5.41, 5.74) is 0. The molecule has 0 aliphatic rings. The molecular formula is C12H26N2O4S. The summed E-state index contributed by atoms with van der Waals surface area (Å²) in [5, 5.41) is 2.73. The first-order chi connectivity index (χ1) is 8.77. The molecule has 0 atom stereocenters. The molecule has 0 aromatic rings. The average molecular weight is 294 g/mol. The van der Waals surface area contributed by atoms with Crippen molar-refractivity contribution in [1.29, 1.82) is 0 Å². The van der Waals surface area contributed by atoms with E-state index in [1.54, 1.807) is 7.11 Å². The van der Waals surface area contributed by atoms with Crippen molar-refractivity contribution < 1.29 is 17.9 Å². The van der Waals surface area contributed by atoms with Crippen LogP contribution in [0, 0.1) is 5.92 Å². The van der Waals surface area contributed by atoms with E-state index in [0.29, 0.717) is 45.0 Å². The van der Waals surface area contributed by atoms with Gasteiger partial charge in [-0.25, -0.2) is 12.7 Å². The standard InChI is InChI=1S/C12H26N2O4S/c1-11(2)10-12(15)13-6-8-14(19(4,16)17)7-5-9-18-3/h11H,5-10H2,1-4H3,(H,13,15). The van der Waals surface area contributed by atoms with Gasteiger partial charge < -0.3 is 10.1 Å². The summed E-state index contributed by atoms with van der Waals surface area (Å²) in [5.74, 6) is 0.257. The van der Waals surface area contributed by atoms with Crippen LogP contribution in [0.5, 0.6) is 0 Å². The van der Waals surface area contributed by atoms with Crippen molar-refractivity contribution >= 4 is 15.9 Å². The number of hydrogen-bond donors (Lipinski definition) is 1. The van der Waals surface area contributed by atoms with E-state index in [4.69, 9.17) is 4.74 Å². The molecule has 0 unspecified atom stereocenters. The first kappa shape index (κ1) is 18.3. The molecule has 0 radical (unpaired) electrons. The highest BCUT2D eigenvalue weighted by Crippen LogP contribution is 2.00. The van der Waals surface area contributed by atoms with Crippen LogP contribution in [-0.2, 0) is 19.6 Å². The van der Waals surface area contributed by atoms with E-state index >= 15 is 0 Å². The molecule has 114 valence electrons. The second kappa shape index (κ2) is 9.28. The van der Waals surface area contributed by atoms with Crippen molar-refractivity contribution in [2.24, 2.45) is 5.92 Å². The summed E-state index contributed by atoms with van der Waals surface area (Å²) < 4.78 is 29.4. The van der Waals surface area contributed by atoms with Crippen LogP contribution < -0.4 is 5.32 Å². The van der Waals surface area contributed by atoms with Gasteiger partial charge in [0.2, 0.25) is 15.9 Å². The number of sulfonamides is 1. The SMILES string of the molecule is COCCCN(CCNC(=O)CC(C)C)S(C)(=O)=O. The molecule has 0 bridgehead atoms. The van der Waals surface area contributed by atoms with E-state index in [0.717, 1.165) is 0 Å². The van der Waals surface area contributed by atoms with Crippen molar-refractivity contribution in [2.75, 3.05) is 39.6 Å². The topological polar surface area (TPSA) is 75.7 Å². The number of rotatable bonds is 10. The van der Waals surface area contributed by atoms with Crippen LogP contribution in [0.4, 0.5) is 0 Å². The molecule has 0 aromatic carbocycles. The van der Waals surface area contributed by atoms with Gasteiger partial charge >= 0.3 is 0 Å². The second-order valence-electron chi connectivity index (χ2n) is 4.96. The highest BCUT2D eigenvalue weighted by molar-refractivity contribution is 7.88. The van der Waals surface area contributed by atoms with Gasteiger partial charge in [0.25, 0.3) is 0 Å². The van der Waals surface area contributed by atoms with Crippen molar-refractivity contribution in [3.8, 4) is 0 Å². The Balaban J connectivity index is 4.10. The molecule has 0 rings (SSSR count). The molecule has 0 fully saturated rings. The Kier molecular flexibility index (Phi) is 8.95. The highest BCUT2D eigenvalue weighted by atomic mass is 32.2. The predicted molar refractivity (Wildman–Crippen MR) is 75.4 cm³/mol. The van der Waals surface area contributed by atoms with Gasteiger partial charge in [0, 0.05) is 39.8 Å². The van der Waals surface area contributed by atoms with Crippen molar-refractivity contribution in [2.45, 2.75) is 26.7 Å². The first-order valence-corrected chi connectivity index (χ1v) is 8.33. The van der Waals surface area contributed by atoms with E-state index in [2.05, 4.69) is 5.32 Å². The lowest BCUT2D eigenvalue weighted by Gasteiger charge is -2.20. The number of hydrogen-bond acceptors (Lipinski definition) is 4. The molecular weight excluding hydrogens is 268 g/mol. The predicted octanol–water partition coefficient (Wildman–Crippen LogP) is 0.447. The van der Waals surface area contributed by atoms with Gasteiger partial charge in [-0.3, -0.25) is 4.79 Å². The molecule has 6 nitrogen and oxygen atoms in total.